The predicted molar refractivity (Wildman–Crippen MR) is 154 cm³/mol. The monoisotopic (exact) mass is 565 g/mol. The fraction of sp³-hybridized carbons (Fsp3) is 0.710. The van der Waals surface area contributed by atoms with E-state index in [0.29, 0.717) is 5.56 Å². The molecule has 1 aliphatic heterocycles. The number of aliphatic hydroxyl groups excluding tert-OH is 4. The number of allylic oxidation sites excluding steroid dienone is 1. The van der Waals surface area contributed by atoms with Crippen LogP contribution in [0.5, 0.6) is 0 Å². The van der Waals surface area contributed by atoms with Gasteiger partial charge < -0.3 is 40.4 Å². The van der Waals surface area contributed by atoms with Crippen LogP contribution in [0.15, 0.2) is 42.5 Å². The second kappa shape index (κ2) is 20.1. The maximum Gasteiger partial charge on any atom is 0.338 e. The highest BCUT2D eigenvalue weighted by Crippen LogP contribution is 2.22. The van der Waals surface area contributed by atoms with Gasteiger partial charge in [-0.05, 0) is 31.1 Å². The van der Waals surface area contributed by atoms with E-state index in [1.54, 1.807) is 30.3 Å². The number of carbonyl (C=O) groups is 1. The number of carbonyl (C=O) groups excluding carboxylic acids is 1. The molecule has 0 radical (unpaired) electrons. The zero-order valence-electron chi connectivity index (χ0n) is 24.0. The molecule has 0 amide bonds. The Morgan fingerprint density at radius 2 is 1.52 bits per heavy atom. The molecule has 1 aromatic carbocycles. The van der Waals surface area contributed by atoms with Crippen LogP contribution in [-0.4, -0.2) is 82.5 Å². The molecule has 1 fully saturated rings. The van der Waals surface area contributed by atoms with E-state index in [2.05, 4.69) is 6.92 Å². The zero-order chi connectivity index (χ0) is 29.2. The van der Waals surface area contributed by atoms with E-state index in [-0.39, 0.29) is 6.61 Å². The lowest BCUT2D eigenvalue weighted by molar-refractivity contribution is -0.302. The van der Waals surface area contributed by atoms with Crippen LogP contribution in [0.3, 0.4) is 0 Å². The summed E-state index contributed by atoms with van der Waals surface area (Å²) in [5.41, 5.74) is 6.73. The first-order chi connectivity index (χ1) is 19.4. The van der Waals surface area contributed by atoms with Gasteiger partial charge in [0, 0.05) is 0 Å². The molecule has 228 valence electrons. The number of nitrogens with two attached hydrogens (primary N) is 1. The third kappa shape index (κ3) is 12.3. The van der Waals surface area contributed by atoms with Crippen molar-refractivity contribution in [3.8, 4) is 0 Å². The highest BCUT2D eigenvalue weighted by molar-refractivity contribution is 5.89. The lowest BCUT2D eigenvalue weighted by Crippen LogP contribution is -2.59. The Morgan fingerprint density at radius 1 is 0.925 bits per heavy atom. The number of unbranched alkanes of at least 4 members (excludes halogenated alkanes) is 11. The van der Waals surface area contributed by atoms with Crippen LogP contribution in [0.4, 0.5) is 0 Å². The summed E-state index contributed by atoms with van der Waals surface area (Å²) in [6, 6.07) is 7.82. The van der Waals surface area contributed by atoms with E-state index < -0.39 is 55.4 Å². The first kappa shape index (κ1) is 34.4. The minimum absolute atomic E-state index is 0.168. The summed E-state index contributed by atoms with van der Waals surface area (Å²) in [5.74, 6) is -0.520. The molecule has 9 nitrogen and oxygen atoms in total. The van der Waals surface area contributed by atoms with Gasteiger partial charge in [-0.3, -0.25) is 0 Å². The third-order valence-electron chi connectivity index (χ3n) is 7.28. The fourth-order valence-corrected chi connectivity index (χ4v) is 4.70. The summed E-state index contributed by atoms with van der Waals surface area (Å²) < 4.78 is 16.7. The van der Waals surface area contributed by atoms with E-state index in [0.717, 1.165) is 19.3 Å². The fourth-order valence-electron chi connectivity index (χ4n) is 4.70. The zero-order valence-corrected chi connectivity index (χ0v) is 24.0. The van der Waals surface area contributed by atoms with Gasteiger partial charge in [0.2, 0.25) is 0 Å². The lowest BCUT2D eigenvalue weighted by Gasteiger charge is -2.40. The number of rotatable bonds is 20. The Balaban J connectivity index is 1.82. The minimum Gasteiger partial charge on any atom is -0.453 e. The lowest BCUT2D eigenvalue weighted by atomic mass is 9.99. The van der Waals surface area contributed by atoms with Crippen LogP contribution < -0.4 is 5.73 Å². The van der Waals surface area contributed by atoms with Gasteiger partial charge in [-0.25, -0.2) is 4.79 Å². The molecule has 6 N–H and O–H groups in total. The molecule has 1 heterocycles. The maximum atomic E-state index is 12.7. The molecule has 1 aromatic rings. The molecule has 0 bridgehead atoms. The maximum absolute atomic E-state index is 12.7. The van der Waals surface area contributed by atoms with E-state index in [9.17, 15) is 25.2 Å². The second-order valence-electron chi connectivity index (χ2n) is 10.7. The van der Waals surface area contributed by atoms with Gasteiger partial charge in [-0.2, -0.15) is 0 Å². The molecule has 0 aromatic heterocycles. The average molecular weight is 566 g/mol. The van der Waals surface area contributed by atoms with Crippen LogP contribution >= 0.6 is 0 Å². The molecule has 1 aliphatic rings. The summed E-state index contributed by atoms with van der Waals surface area (Å²) in [4.78, 5) is 12.7. The van der Waals surface area contributed by atoms with Crippen molar-refractivity contribution in [3.63, 3.8) is 0 Å². The summed E-state index contributed by atoms with van der Waals surface area (Å²) in [6.07, 6.45) is 10.7. The first-order valence-electron chi connectivity index (χ1n) is 15.0. The molecular weight excluding hydrogens is 514 g/mol. The van der Waals surface area contributed by atoms with Crippen molar-refractivity contribution in [2.24, 2.45) is 5.73 Å². The Labute approximate surface area is 239 Å². The average Bonchev–Trinajstić information content (AvgIpc) is 2.97. The Kier molecular flexibility index (Phi) is 17.3. The van der Waals surface area contributed by atoms with Crippen LogP contribution in [0.25, 0.3) is 0 Å². The third-order valence-corrected chi connectivity index (χ3v) is 7.28. The van der Waals surface area contributed by atoms with Crippen LogP contribution in [0.2, 0.25) is 0 Å². The van der Waals surface area contributed by atoms with Gasteiger partial charge in [-0.1, -0.05) is 95.4 Å². The number of ether oxygens (including phenoxy) is 3. The molecule has 0 unspecified atom stereocenters. The van der Waals surface area contributed by atoms with Crippen LogP contribution in [0.1, 0.15) is 94.3 Å². The van der Waals surface area contributed by atoms with Crippen LogP contribution in [-0.2, 0) is 14.2 Å². The summed E-state index contributed by atoms with van der Waals surface area (Å²) in [7, 11) is 0. The van der Waals surface area contributed by atoms with Gasteiger partial charge in [0.15, 0.2) is 6.29 Å². The number of hydrogen-bond acceptors (Lipinski definition) is 9. The van der Waals surface area contributed by atoms with Crippen molar-refractivity contribution >= 4 is 5.97 Å². The molecular formula is C31H51NO8. The summed E-state index contributed by atoms with van der Waals surface area (Å²) in [5, 5.41) is 39.5. The molecule has 0 spiro atoms. The van der Waals surface area contributed by atoms with Crippen LogP contribution in [0, 0.1) is 0 Å². The predicted octanol–water partition coefficient (Wildman–Crippen LogP) is 3.61. The standard InChI is InChI=1S/C31H51NO8/c1-2-3-4-5-6-7-8-9-10-11-12-13-17-20-25(39-30(37)23-18-15-14-16-19-23)24(32)22-38-31-29(36)28(35)27(34)26(21-33)40-31/h14-20,24-29,31,33-36H,2-13,21-22,32H2,1H3/b20-17+/t24-,25+,26+,27-,28-,29+,31+/m0/s1. The number of hydrogen-bond donors (Lipinski definition) is 5. The topological polar surface area (TPSA) is 152 Å². The summed E-state index contributed by atoms with van der Waals surface area (Å²) in [6.45, 7) is 1.51. The van der Waals surface area contributed by atoms with Crippen molar-refractivity contribution in [2.45, 2.75) is 127 Å². The SMILES string of the molecule is CCCCCCCCCCCCC/C=C/[C@@H](OC(=O)c1ccccc1)[C@@H](N)CO[C@@H]1O[C@H](CO)[C@H](O)[C@H](O)[C@H]1O. The molecule has 1 saturated heterocycles. The van der Waals surface area contributed by atoms with E-state index in [1.165, 1.54) is 57.8 Å². The Bertz CT molecular complexity index is 821. The van der Waals surface area contributed by atoms with Crippen molar-refractivity contribution in [3.05, 3.63) is 48.0 Å². The van der Waals surface area contributed by atoms with E-state index in [1.807, 2.05) is 12.1 Å². The van der Waals surface area contributed by atoms with Crippen molar-refractivity contribution in [1.82, 2.24) is 0 Å². The molecule has 0 saturated carbocycles. The Morgan fingerprint density at radius 3 is 2.12 bits per heavy atom. The largest absolute Gasteiger partial charge is 0.453 e. The molecule has 7 atom stereocenters. The van der Waals surface area contributed by atoms with Crippen molar-refractivity contribution in [1.29, 1.82) is 0 Å². The minimum atomic E-state index is -1.55. The molecule has 0 aliphatic carbocycles. The van der Waals surface area contributed by atoms with Crippen molar-refractivity contribution < 1.29 is 39.4 Å². The normalized spacial score (nSPS) is 24.7. The van der Waals surface area contributed by atoms with Gasteiger partial charge >= 0.3 is 5.97 Å². The smallest absolute Gasteiger partial charge is 0.338 e. The number of esters is 1. The van der Waals surface area contributed by atoms with Crippen molar-refractivity contribution in [2.75, 3.05) is 13.2 Å². The van der Waals surface area contributed by atoms with Gasteiger partial charge in [0.1, 0.15) is 30.5 Å². The highest BCUT2D eigenvalue weighted by atomic mass is 16.7. The molecule has 9 heteroatoms. The highest BCUT2D eigenvalue weighted by Gasteiger charge is 2.44. The van der Waals surface area contributed by atoms with E-state index >= 15 is 0 Å². The quantitative estimate of drug-likeness (QED) is 0.0907. The van der Waals surface area contributed by atoms with Gasteiger partial charge in [0.05, 0.1) is 24.8 Å². The molecule has 40 heavy (non-hydrogen) atoms. The van der Waals surface area contributed by atoms with Gasteiger partial charge in [-0.15, -0.1) is 0 Å². The Hall–Kier alpha value is -1.85. The van der Waals surface area contributed by atoms with Gasteiger partial charge in [0.25, 0.3) is 0 Å². The van der Waals surface area contributed by atoms with E-state index in [4.69, 9.17) is 19.9 Å². The first-order valence-corrected chi connectivity index (χ1v) is 15.0. The summed E-state index contributed by atoms with van der Waals surface area (Å²) >= 11 is 0. The molecule has 2 rings (SSSR count). The number of benzene rings is 1. The number of aliphatic hydroxyl groups is 4. The second-order valence-corrected chi connectivity index (χ2v) is 10.7.